The molecule has 13 heavy (non-hydrogen) atoms. The Kier molecular flexibility index (Phi) is 2.12. The van der Waals surface area contributed by atoms with Gasteiger partial charge in [0.15, 0.2) is 0 Å². The van der Waals surface area contributed by atoms with Gasteiger partial charge in [-0.1, -0.05) is 23.8 Å². The first-order valence-electron chi connectivity index (χ1n) is 4.95. The van der Waals surface area contributed by atoms with Crippen LogP contribution in [-0.2, 0) is 13.0 Å². The average molecular weight is 175 g/mol. The molecule has 0 fully saturated rings. The Balaban J connectivity index is 2.37. The van der Waals surface area contributed by atoms with E-state index in [0.717, 1.165) is 6.54 Å². The Morgan fingerprint density at radius 2 is 2.08 bits per heavy atom. The number of fused-ring (bicyclic) bond motifs is 1. The van der Waals surface area contributed by atoms with Crippen LogP contribution in [-0.4, -0.2) is 18.0 Å². The zero-order chi connectivity index (χ0) is 9.42. The van der Waals surface area contributed by atoms with Crippen molar-refractivity contribution >= 4 is 0 Å². The number of benzene rings is 1. The maximum absolute atomic E-state index is 2.42. The van der Waals surface area contributed by atoms with Gasteiger partial charge in [0.2, 0.25) is 0 Å². The molecule has 0 saturated heterocycles. The molecule has 1 aromatic carbocycles. The molecule has 1 aliphatic heterocycles. The van der Waals surface area contributed by atoms with E-state index in [9.17, 15) is 0 Å². The lowest BCUT2D eigenvalue weighted by atomic mass is 9.94. The summed E-state index contributed by atoms with van der Waals surface area (Å²) >= 11 is 0. The van der Waals surface area contributed by atoms with Crippen molar-refractivity contribution < 1.29 is 0 Å². The van der Waals surface area contributed by atoms with E-state index in [1.165, 1.54) is 23.1 Å². The first-order chi connectivity index (χ1) is 6.16. The second-order valence-electron chi connectivity index (χ2n) is 4.24. The standard InChI is InChI=1S/C12H17N/c1-9-4-5-11-7-10(2)13(3)8-12(11)6-9/h4-6,10H,7-8H2,1-3H3. The molecule has 0 radical (unpaired) electrons. The molecule has 0 saturated carbocycles. The fraction of sp³-hybridized carbons (Fsp3) is 0.500. The summed E-state index contributed by atoms with van der Waals surface area (Å²) in [6.07, 6.45) is 1.20. The quantitative estimate of drug-likeness (QED) is 0.585. The zero-order valence-corrected chi connectivity index (χ0v) is 8.67. The first kappa shape index (κ1) is 8.76. The van der Waals surface area contributed by atoms with E-state index in [2.05, 4.69) is 44.0 Å². The van der Waals surface area contributed by atoms with Gasteiger partial charge in [-0.05, 0) is 38.4 Å². The van der Waals surface area contributed by atoms with Gasteiger partial charge in [0, 0.05) is 12.6 Å². The maximum Gasteiger partial charge on any atom is 0.0236 e. The summed E-state index contributed by atoms with van der Waals surface area (Å²) in [4.78, 5) is 2.42. The molecule has 1 unspecified atom stereocenters. The molecule has 0 amide bonds. The van der Waals surface area contributed by atoms with Gasteiger partial charge in [-0.25, -0.2) is 0 Å². The van der Waals surface area contributed by atoms with Crippen LogP contribution in [0.1, 0.15) is 23.6 Å². The summed E-state index contributed by atoms with van der Waals surface area (Å²) in [7, 11) is 2.20. The minimum absolute atomic E-state index is 0.690. The fourth-order valence-corrected chi connectivity index (χ4v) is 2.00. The average Bonchev–Trinajstić information content (AvgIpc) is 2.08. The van der Waals surface area contributed by atoms with Crippen molar-refractivity contribution in [1.82, 2.24) is 4.90 Å². The van der Waals surface area contributed by atoms with Gasteiger partial charge in [-0.15, -0.1) is 0 Å². The molecule has 70 valence electrons. The smallest absolute Gasteiger partial charge is 0.0236 e. The highest BCUT2D eigenvalue weighted by atomic mass is 15.1. The van der Waals surface area contributed by atoms with Crippen molar-refractivity contribution in [3.05, 3.63) is 34.9 Å². The summed E-state index contributed by atoms with van der Waals surface area (Å²) in [5.41, 5.74) is 4.43. The molecular formula is C12H17N. The third kappa shape index (κ3) is 1.61. The summed E-state index contributed by atoms with van der Waals surface area (Å²) in [5.74, 6) is 0. The fourth-order valence-electron chi connectivity index (χ4n) is 2.00. The van der Waals surface area contributed by atoms with Crippen molar-refractivity contribution in [2.24, 2.45) is 0 Å². The number of hydrogen-bond acceptors (Lipinski definition) is 1. The van der Waals surface area contributed by atoms with E-state index >= 15 is 0 Å². The predicted molar refractivity (Wildman–Crippen MR) is 55.8 cm³/mol. The molecule has 0 N–H and O–H groups in total. The Labute approximate surface area is 80.4 Å². The number of hydrogen-bond donors (Lipinski definition) is 0. The lowest BCUT2D eigenvalue weighted by molar-refractivity contribution is 0.231. The Morgan fingerprint density at radius 3 is 2.85 bits per heavy atom. The van der Waals surface area contributed by atoms with Crippen molar-refractivity contribution in [2.75, 3.05) is 7.05 Å². The van der Waals surface area contributed by atoms with E-state index in [0.29, 0.717) is 6.04 Å². The lowest BCUT2D eigenvalue weighted by Gasteiger charge is -2.31. The number of rotatable bonds is 0. The van der Waals surface area contributed by atoms with Crippen molar-refractivity contribution in [1.29, 1.82) is 0 Å². The van der Waals surface area contributed by atoms with Gasteiger partial charge >= 0.3 is 0 Å². The van der Waals surface area contributed by atoms with E-state index in [-0.39, 0.29) is 0 Å². The number of nitrogens with zero attached hydrogens (tertiary/aromatic N) is 1. The number of aryl methyl sites for hydroxylation is 1. The molecule has 1 aromatic rings. The zero-order valence-electron chi connectivity index (χ0n) is 8.67. The van der Waals surface area contributed by atoms with Gasteiger partial charge in [0.05, 0.1) is 0 Å². The summed E-state index contributed by atoms with van der Waals surface area (Å²) < 4.78 is 0. The van der Waals surface area contributed by atoms with Crippen LogP contribution in [0.2, 0.25) is 0 Å². The molecule has 0 aliphatic carbocycles. The molecule has 1 heterocycles. The second-order valence-corrected chi connectivity index (χ2v) is 4.24. The van der Waals surface area contributed by atoms with Gasteiger partial charge in [-0.3, -0.25) is 4.90 Å². The summed E-state index contributed by atoms with van der Waals surface area (Å²) in [6.45, 7) is 5.57. The highest BCUT2D eigenvalue weighted by molar-refractivity contribution is 5.33. The topological polar surface area (TPSA) is 3.24 Å². The molecule has 0 aromatic heterocycles. The van der Waals surface area contributed by atoms with Gasteiger partial charge in [0.1, 0.15) is 0 Å². The molecule has 1 atom stereocenters. The normalized spacial score (nSPS) is 22.8. The van der Waals surface area contributed by atoms with Crippen LogP contribution in [0.5, 0.6) is 0 Å². The SMILES string of the molecule is Cc1ccc2c(c1)CN(C)C(C)C2. The van der Waals surface area contributed by atoms with Gasteiger partial charge < -0.3 is 0 Å². The Morgan fingerprint density at radius 1 is 1.31 bits per heavy atom. The van der Waals surface area contributed by atoms with Crippen LogP contribution in [0.3, 0.4) is 0 Å². The van der Waals surface area contributed by atoms with Gasteiger partial charge in [-0.2, -0.15) is 0 Å². The van der Waals surface area contributed by atoms with E-state index in [4.69, 9.17) is 0 Å². The molecule has 0 bridgehead atoms. The predicted octanol–water partition coefficient (Wildman–Crippen LogP) is 2.37. The maximum atomic E-state index is 2.42. The van der Waals surface area contributed by atoms with E-state index in [1.807, 2.05) is 0 Å². The first-order valence-corrected chi connectivity index (χ1v) is 4.95. The highest BCUT2D eigenvalue weighted by Crippen LogP contribution is 2.22. The molecule has 0 spiro atoms. The Bertz CT molecular complexity index is 317. The molecule has 1 aliphatic rings. The minimum Gasteiger partial charge on any atom is -0.299 e. The van der Waals surface area contributed by atoms with Crippen LogP contribution in [0.15, 0.2) is 18.2 Å². The van der Waals surface area contributed by atoms with Crippen LogP contribution >= 0.6 is 0 Å². The van der Waals surface area contributed by atoms with Crippen LogP contribution in [0.25, 0.3) is 0 Å². The van der Waals surface area contributed by atoms with Crippen molar-refractivity contribution in [2.45, 2.75) is 32.9 Å². The highest BCUT2D eigenvalue weighted by Gasteiger charge is 2.18. The summed E-state index contributed by atoms with van der Waals surface area (Å²) in [5, 5.41) is 0. The number of likely N-dealkylation sites (N-methyl/N-ethyl adjacent to an activating group) is 1. The van der Waals surface area contributed by atoms with Crippen molar-refractivity contribution in [3.63, 3.8) is 0 Å². The van der Waals surface area contributed by atoms with Gasteiger partial charge in [0.25, 0.3) is 0 Å². The molecule has 2 rings (SSSR count). The van der Waals surface area contributed by atoms with E-state index in [1.54, 1.807) is 0 Å². The summed E-state index contributed by atoms with van der Waals surface area (Å²) in [6, 6.07) is 7.51. The molecular weight excluding hydrogens is 158 g/mol. The third-order valence-corrected chi connectivity index (χ3v) is 3.05. The largest absolute Gasteiger partial charge is 0.299 e. The Hall–Kier alpha value is -0.820. The third-order valence-electron chi connectivity index (χ3n) is 3.05. The lowest BCUT2D eigenvalue weighted by Crippen LogP contribution is -2.34. The molecule has 1 nitrogen and oxygen atoms in total. The van der Waals surface area contributed by atoms with Crippen LogP contribution < -0.4 is 0 Å². The van der Waals surface area contributed by atoms with Crippen molar-refractivity contribution in [3.8, 4) is 0 Å². The minimum atomic E-state index is 0.690. The second kappa shape index (κ2) is 3.15. The van der Waals surface area contributed by atoms with E-state index < -0.39 is 0 Å². The van der Waals surface area contributed by atoms with Crippen LogP contribution in [0.4, 0.5) is 0 Å². The molecule has 1 heteroatoms. The monoisotopic (exact) mass is 175 g/mol. The van der Waals surface area contributed by atoms with Crippen LogP contribution in [0, 0.1) is 6.92 Å².